The molecule has 1 saturated heterocycles. The number of nitrogens with one attached hydrogen (secondary N) is 1. The number of thiazole rings is 1. The summed E-state index contributed by atoms with van der Waals surface area (Å²) in [5.41, 5.74) is 11.9. The molecule has 0 spiro atoms. The van der Waals surface area contributed by atoms with E-state index in [1.165, 1.54) is 0 Å². The van der Waals surface area contributed by atoms with E-state index in [1.54, 1.807) is 20.9 Å². The van der Waals surface area contributed by atoms with Crippen LogP contribution in [-0.2, 0) is 6.42 Å². The van der Waals surface area contributed by atoms with Crippen LogP contribution in [0.4, 0.5) is 4.79 Å². The van der Waals surface area contributed by atoms with Crippen molar-refractivity contribution in [3.05, 3.63) is 77.9 Å². The zero-order chi connectivity index (χ0) is 29.2. The van der Waals surface area contributed by atoms with Crippen LogP contribution in [0.1, 0.15) is 18.5 Å². The molecule has 4 heterocycles. The van der Waals surface area contributed by atoms with E-state index >= 15 is 0 Å². The quantitative estimate of drug-likeness (QED) is 0.186. The molecule has 3 aromatic carbocycles. The maximum absolute atomic E-state index is 12.1. The number of aromatic nitrogens is 4. The summed E-state index contributed by atoms with van der Waals surface area (Å²) in [5.74, 6) is 0.671. The van der Waals surface area contributed by atoms with Crippen molar-refractivity contribution in [1.82, 2.24) is 30.2 Å². The number of rotatable bonds is 11. The van der Waals surface area contributed by atoms with Gasteiger partial charge in [0.2, 0.25) is 0 Å². The third-order valence-corrected chi connectivity index (χ3v) is 8.51. The number of para-hydroxylation sites is 1. The van der Waals surface area contributed by atoms with Gasteiger partial charge in [-0.3, -0.25) is 0 Å². The summed E-state index contributed by atoms with van der Waals surface area (Å²) >= 11 is 1.56. The molecular formula is C32H31N7O3S. The summed E-state index contributed by atoms with van der Waals surface area (Å²) in [5, 5.41) is 16.6. The second kappa shape index (κ2) is 11.9. The highest BCUT2D eigenvalue weighted by molar-refractivity contribution is 7.13. The number of fused-ring (bicyclic) bond motifs is 3. The normalized spacial score (nSPS) is 13.3. The Labute approximate surface area is 252 Å². The molecule has 3 N–H and O–H groups in total. The van der Waals surface area contributed by atoms with E-state index in [0.29, 0.717) is 38.5 Å². The van der Waals surface area contributed by atoms with Crippen molar-refractivity contribution in [2.75, 3.05) is 32.8 Å². The Balaban J connectivity index is 1.21. The summed E-state index contributed by atoms with van der Waals surface area (Å²) in [6.07, 6.45) is 4.70. The molecule has 6 aromatic rings. The lowest BCUT2D eigenvalue weighted by atomic mass is 10.0. The summed E-state index contributed by atoms with van der Waals surface area (Å²) in [4.78, 5) is 18.9. The Bertz CT molecular complexity index is 1910. The number of urea groups is 1. The van der Waals surface area contributed by atoms with Crippen molar-refractivity contribution in [3.8, 4) is 33.3 Å². The number of hydrogen-bond donors (Lipinski definition) is 2. The maximum Gasteiger partial charge on any atom is 0.317 e. The molecule has 3 aromatic heterocycles. The van der Waals surface area contributed by atoms with Gasteiger partial charge in [-0.1, -0.05) is 35.5 Å². The van der Waals surface area contributed by atoms with Gasteiger partial charge in [0.15, 0.2) is 0 Å². The van der Waals surface area contributed by atoms with Gasteiger partial charge in [0.05, 0.1) is 35.4 Å². The zero-order valence-electron chi connectivity index (χ0n) is 23.5. The average Bonchev–Trinajstić information content (AvgIpc) is 3.84. The molecule has 0 unspecified atom stereocenters. The summed E-state index contributed by atoms with van der Waals surface area (Å²) < 4.78 is 14.2. The molecule has 11 heteroatoms. The Morgan fingerprint density at radius 3 is 2.84 bits per heavy atom. The van der Waals surface area contributed by atoms with E-state index in [-0.39, 0.29) is 6.03 Å². The van der Waals surface area contributed by atoms with Gasteiger partial charge in [-0.15, -0.1) is 16.4 Å². The first-order chi connectivity index (χ1) is 21.2. The summed E-state index contributed by atoms with van der Waals surface area (Å²) in [6.45, 7) is 2.83. The fraction of sp³-hybridized carbons (Fsp3) is 0.250. The number of nitrogens with two attached hydrogens (primary N) is 1. The number of amides is 2. The number of carbonyl (C=O) groups is 1. The molecule has 10 nitrogen and oxygen atoms in total. The van der Waals surface area contributed by atoms with E-state index in [2.05, 4.69) is 33.1 Å². The second-order valence-corrected chi connectivity index (χ2v) is 11.3. The Morgan fingerprint density at radius 2 is 1.95 bits per heavy atom. The van der Waals surface area contributed by atoms with Gasteiger partial charge in [-0.05, 0) is 50.1 Å². The molecule has 0 saturated carbocycles. The molecule has 218 valence electrons. The van der Waals surface area contributed by atoms with E-state index < -0.39 is 0 Å². The van der Waals surface area contributed by atoms with Crippen LogP contribution in [0.3, 0.4) is 0 Å². The van der Waals surface area contributed by atoms with Crippen LogP contribution in [0.2, 0.25) is 0 Å². The van der Waals surface area contributed by atoms with Crippen LogP contribution in [0.25, 0.3) is 49.5 Å². The van der Waals surface area contributed by atoms with Gasteiger partial charge < -0.3 is 25.1 Å². The van der Waals surface area contributed by atoms with Gasteiger partial charge in [0.1, 0.15) is 28.5 Å². The Morgan fingerprint density at radius 1 is 1.05 bits per heavy atom. The number of furan rings is 1. The lowest BCUT2D eigenvalue weighted by Crippen LogP contribution is -2.31. The highest BCUT2D eigenvalue weighted by atomic mass is 32.1. The van der Waals surface area contributed by atoms with Crippen molar-refractivity contribution < 1.29 is 13.9 Å². The molecule has 0 aliphatic carbocycles. The predicted molar refractivity (Wildman–Crippen MR) is 168 cm³/mol. The minimum absolute atomic E-state index is 0.0622. The maximum atomic E-state index is 12.1. The Kier molecular flexibility index (Phi) is 7.48. The molecule has 0 atom stereocenters. The third-order valence-electron chi connectivity index (χ3n) is 7.63. The van der Waals surface area contributed by atoms with Crippen LogP contribution in [0.5, 0.6) is 5.75 Å². The average molecular weight is 594 g/mol. The first-order valence-electron chi connectivity index (χ1n) is 14.5. The molecule has 7 rings (SSSR count). The number of hydrogen-bond acceptors (Lipinski definition) is 8. The van der Waals surface area contributed by atoms with E-state index in [4.69, 9.17) is 19.9 Å². The van der Waals surface area contributed by atoms with Crippen LogP contribution >= 0.6 is 11.3 Å². The topological polar surface area (TPSA) is 124 Å². The lowest BCUT2D eigenvalue weighted by Gasteiger charge is -2.16. The number of benzene rings is 3. The lowest BCUT2D eigenvalue weighted by molar-refractivity contribution is 0.203. The number of aryl methyl sites for hydroxylation is 1. The summed E-state index contributed by atoms with van der Waals surface area (Å²) in [6, 6.07) is 20.1. The van der Waals surface area contributed by atoms with E-state index in [9.17, 15) is 4.79 Å². The number of nitrogens with zero attached hydrogens (tertiary/aromatic N) is 5. The van der Waals surface area contributed by atoms with Crippen molar-refractivity contribution in [1.29, 1.82) is 0 Å². The van der Waals surface area contributed by atoms with Crippen LogP contribution in [0, 0.1) is 0 Å². The number of unbranched alkanes of at least 4 members (excludes halogenated alkanes) is 1. The molecule has 2 amide bonds. The molecule has 0 radical (unpaired) electrons. The van der Waals surface area contributed by atoms with Crippen molar-refractivity contribution >= 4 is 39.3 Å². The smallest absolute Gasteiger partial charge is 0.317 e. The molecular weight excluding hydrogens is 562 g/mol. The van der Waals surface area contributed by atoms with Gasteiger partial charge >= 0.3 is 6.03 Å². The van der Waals surface area contributed by atoms with Gasteiger partial charge in [0, 0.05) is 40.9 Å². The first-order valence-corrected chi connectivity index (χ1v) is 15.3. The van der Waals surface area contributed by atoms with Crippen molar-refractivity contribution in [2.45, 2.75) is 19.3 Å². The highest BCUT2D eigenvalue weighted by Crippen LogP contribution is 2.40. The Hall–Kier alpha value is -4.74. The second-order valence-electron chi connectivity index (χ2n) is 10.5. The monoisotopic (exact) mass is 593 g/mol. The SMILES string of the molecule is NCCCCc1cn(-c2ccc(-c3nc(-c4cccc5oc6ccccc6c45)cs3)c(OCCN3CCNC3=O)c2)nn1. The van der Waals surface area contributed by atoms with Crippen molar-refractivity contribution in [2.24, 2.45) is 5.73 Å². The fourth-order valence-electron chi connectivity index (χ4n) is 5.44. The zero-order valence-corrected chi connectivity index (χ0v) is 24.3. The molecule has 0 bridgehead atoms. The molecule has 1 aliphatic heterocycles. The van der Waals surface area contributed by atoms with Crippen LogP contribution in [-0.4, -0.2) is 63.7 Å². The predicted octanol–water partition coefficient (Wildman–Crippen LogP) is 5.64. The molecule has 1 aliphatic rings. The minimum atomic E-state index is -0.0622. The van der Waals surface area contributed by atoms with E-state index in [1.807, 2.05) is 54.7 Å². The van der Waals surface area contributed by atoms with Crippen LogP contribution in [0.15, 0.2) is 76.7 Å². The van der Waals surface area contributed by atoms with Gasteiger partial charge in [-0.25, -0.2) is 14.5 Å². The van der Waals surface area contributed by atoms with Gasteiger partial charge in [0.25, 0.3) is 0 Å². The first kappa shape index (κ1) is 27.1. The number of carbonyl (C=O) groups excluding carboxylic acids is 1. The third kappa shape index (κ3) is 5.44. The van der Waals surface area contributed by atoms with Gasteiger partial charge in [-0.2, -0.15) is 0 Å². The standard InChI is InChI=1S/C32H31N7O3S/c33-13-4-3-6-21-19-39(37-36-21)22-11-12-25(29(18-22)41-17-16-38-15-14-34-32(38)40)31-35-26(20-43-31)23-8-5-10-28-30(23)24-7-1-2-9-27(24)42-28/h1-2,5,7-12,18-20H,3-4,6,13-17,33H2,(H,34,40). The molecule has 1 fully saturated rings. The summed E-state index contributed by atoms with van der Waals surface area (Å²) in [7, 11) is 0. The van der Waals surface area contributed by atoms with E-state index in [0.717, 1.165) is 74.4 Å². The highest BCUT2D eigenvalue weighted by Gasteiger charge is 2.21. The fourth-order valence-corrected chi connectivity index (χ4v) is 6.29. The minimum Gasteiger partial charge on any atom is -0.491 e. The largest absolute Gasteiger partial charge is 0.491 e. The van der Waals surface area contributed by atoms with Crippen LogP contribution < -0.4 is 15.8 Å². The number of ether oxygens (including phenoxy) is 1. The van der Waals surface area contributed by atoms with Crippen molar-refractivity contribution in [3.63, 3.8) is 0 Å². The molecule has 43 heavy (non-hydrogen) atoms.